The van der Waals surface area contributed by atoms with Crippen LogP contribution < -0.4 is 0 Å². The second kappa shape index (κ2) is 8.89. The van der Waals surface area contributed by atoms with Gasteiger partial charge in [0.15, 0.2) is 0 Å². The fourth-order valence-electron chi connectivity index (χ4n) is 3.83. The van der Waals surface area contributed by atoms with Crippen molar-refractivity contribution >= 4 is 16.6 Å². The number of nitriles is 1. The number of hydrogen-bond donors (Lipinski definition) is 1. The maximum atomic E-state index is 9.09. The van der Waals surface area contributed by atoms with Crippen molar-refractivity contribution in [2.24, 2.45) is 5.92 Å². The number of nitrogens with one attached hydrogen (secondary N) is 1. The second-order valence-corrected chi connectivity index (χ2v) is 7.95. The minimum absolute atomic E-state index is 0.109. The number of likely N-dealkylation sites (tertiary alicyclic amines) is 1. The number of benzene rings is 1. The molecule has 4 nitrogen and oxygen atoms in total. The predicted molar refractivity (Wildman–Crippen MR) is 128 cm³/mol. The van der Waals surface area contributed by atoms with Crippen LogP contribution in [0.4, 0.5) is 0 Å². The highest BCUT2D eigenvalue weighted by Gasteiger charge is 2.23. The smallest absolute Gasteiger partial charge is 0.137 e. The van der Waals surface area contributed by atoms with Crippen molar-refractivity contribution in [3.8, 4) is 17.3 Å². The number of nitrogens with zero attached hydrogens (tertiary/aromatic N) is 3. The van der Waals surface area contributed by atoms with Gasteiger partial charge in [0.1, 0.15) is 5.65 Å². The van der Waals surface area contributed by atoms with Gasteiger partial charge in [-0.05, 0) is 42.2 Å². The van der Waals surface area contributed by atoms with Gasteiger partial charge in [-0.15, -0.1) is 0 Å². The van der Waals surface area contributed by atoms with Crippen molar-refractivity contribution in [3.05, 3.63) is 96.9 Å². The van der Waals surface area contributed by atoms with Gasteiger partial charge in [-0.3, -0.25) is 0 Å². The summed E-state index contributed by atoms with van der Waals surface area (Å²) in [5, 5.41) is 10.2. The molecule has 0 spiro atoms. The van der Waals surface area contributed by atoms with Crippen LogP contribution in [0.3, 0.4) is 0 Å². The normalized spacial score (nSPS) is 16.7. The van der Waals surface area contributed by atoms with Gasteiger partial charge in [-0.2, -0.15) is 5.26 Å². The van der Waals surface area contributed by atoms with Gasteiger partial charge in [-0.25, -0.2) is 4.98 Å². The Hall–Kier alpha value is -3.84. The molecule has 3 aromatic rings. The van der Waals surface area contributed by atoms with Gasteiger partial charge >= 0.3 is 0 Å². The molecule has 1 aliphatic rings. The molecule has 1 fully saturated rings. The fourth-order valence-corrected chi connectivity index (χ4v) is 3.83. The maximum absolute atomic E-state index is 9.09. The van der Waals surface area contributed by atoms with E-state index in [1.165, 1.54) is 0 Å². The van der Waals surface area contributed by atoms with Crippen molar-refractivity contribution in [1.82, 2.24) is 14.9 Å². The number of aromatic nitrogens is 2. The lowest BCUT2D eigenvalue weighted by Crippen LogP contribution is -2.19. The van der Waals surface area contributed by atoms with Gasteiger partial charge < -0.3 is 9.88 Å². The van der Waals surface area contributed by atoms with E-state index in [0.29, 0.717) is 0 Å². The molecular formula is C27H26N4. The molecule has 31 heavy (non-hydrogen) atoms. The van der Waals surface area contributed by atoms with Crippen LogP contribution >= 0.6 is 0 Å². The summed E-state index contributed by atoms with van der Waals surface area (Å²) in [6, 6.07) is 16.8. The second-order valence-electron chi connectivity index (χ2n) is 7.95. The zero-order valence-corrected chi connectivity index (χ0v) is 17.8. The molecule has 0 aliphatic carbocycles. The number of aromatic amines is 1. The van der Waals surface area contributed by atoms with Gasteiger partial charge in [0.05, 0.1) is 12.0 Å². The Morgan fingerprint density at radius 2 is 2.06 bits per heavy atom. The zero-order chi connectivity index (χ0) is 21.8. The number of hydrogen-bond acceptors (Lipinski definition) is 3. The Kier molecular flexibility index (Phi) is 5.86. The molecule has 1 unspecified atom stereocenters. The van der Waals surface area contributed by atoms with E-state index in [2.05, 4.69) is 58.4 Å². The highest BCUT2D eigenvalue weighted by molar-refractivity contribution is 5.86. The van der Waals surface area contributed by atoms with Crippen molar-refractivity contribution < 1.29 is 0 Å². The molecular weight excluding hydrogens is 380 g/mol. The van der Waals surface area contributed by atoms with Crippen molar-refractivity contribution in [3.63, 3.8) is 0 Å². The lowest BCUT2D eigenvalue weighted by molar-refractivity contribution is 0.427. The predicted octanol–water partition coefficient (Wildman–Crippen LogP) is 6.10. The van der Waals surface area contributed by atoms with E-state index in [-0.39, 0.29) is 5.92 Å². The van der Waals surface area contributed by atoms with E-state index in [1.54, 1.807) is 0 Å². The Morgan fingerprint density at radius 1 is 1.26 bits per heavy atom. The van der Waals surface area contributed by atoms with Crippen LogP contribution in [0.2, 0.25) is 0 Å². The van der Waals surface area contributed by atoms with Crippen LogP contribution in [-0.4, -0.2) is 28.0 Å². The third-order valence-electron chi connectivity index (χ3n) is 5.78. The molecule has 0 saturated carbocycles. The van der Waals surface area contributed by atoms with Gasteiger partial charge in [0, 0.05) is 41.6 Å². The lowest BCUT2D eigenvalue weighted by Gasteiger charge is -2.20. The largest absolute Gasteiger partial charge is 0.370 e. The quantitative estimate of drug-likeness (QED) is 0.503. The van der Waals surface area contributed by atoms with E-state index in [4.69, 9.17) is 5.26 Å². The van der Waals surface area contributed by atoms with Gasteiger partial charge in [0.25, 0.3) is 0 Å². The van der Waals surface area contributed by atoms with E-state index < -0.39 is 0 Å². The zero-order valence-electron chi connectivity index (χ0n) is 17.8. The first kappa shape index (κ1) is 20.4. The topological polar surface area (TPSA) is 55.7 Å². The molecule has 0 bridgehead atoms. The molecule has 4 rings (SSSR count). The molecule has 1 aliphatic heterocycles. The lowest BCUT2D eigenvalue weighted by atomic mass is 10.1. The van der Waals surface area contributed by atoms with Crippen LogP contribution in [0.25, 0.3) is 27.9 Å². The van der Waals surface area contributed by atoms with Crippen molar-refractivity contribution in [1.29, 1.82) is 5.26 Å². The van der Waals surface area contributed by atoms with Gasteiger partial charge in [0.2, 0.25) is 0 Å². The summed E-state index contributed by atoms with van der Waals surface area (Å²) in [5.74, 6) is 0.109. The maximum Gasteiger partial charge on any atom is 0.137 e. The standard InChI is InChI=1S/C27H26N4/c1-19(21(3)31-13-12-22(16-28)18-31)8-7-9-20(2)25-14-24-15-26(30-27(24)29-17-25)23-10-5-4-6-11-23/h4-11,14-15,17,22H,2-3,12-13,18H2,1H3,(H,29,30)/b9-7-,19-8+. The van der Waals surface area contributed by atoms with Crippen LogP contribution in [0.15, 0.2) is 91.3 Å². The van der Waals surface area contributed by atoms with Crippen molar-refractivity contribution in [2.75, 3.05) is 13.1 Å². The monoisotopic (exact) mass is 406 g/mol. The Bertz CT molecular complexity index is 1220. The van der Waals surface area contributed by atoms with Crippen LogP contribution in [0, 0.1) is 17.2 Å². The first-order valence-electron chi connectivity index (χ1n) is 10.5. The molecule has 3 heterocycles. The molecule has 0 amide bonds. The first-order valence-corrected chi connectivity index (χ1v) is 10.5. The number of H-pyrrole nitrogens is 1. The molecule has 1 aromatic carbocycles. The summed E-state index contributed by atoms with van der Waals surface area (Å²) in [7, 11) is 0. The molecule has 154 valence electrons. The molecule has 0 radical (unpaired) electrons. The highest BCUT2D eigenvalue weighted by Crippen LogP contribution is 2.26. The van der Waals surface area contributed by atoms with Gasteiger partial charge in [-0.1, -0.05) is 61.7 Å². The molecule has 1 atom stereocenters. The number of fused-ring (bicyclic) bond motifs is 1. The van der Waals surface area contributed by atoms with E-state index in [9.17, 15) is 0 Å². The average Bonchev–Trinajstić information content (AvgIpc) is 3.45. The summed E-state index contributed by atoms with van der Waals surface area (Å²) >= 11 is 0. The van der Waals surface area contributed by atoms with Crippen LogP contribution in [0.1, 0.15) is 18.9 Å². The molecule has 1 N–H and O–H groups in total. The summed E-state index contributed by atoms with van der Waals surface area (Å²) in [5.41, 5.74) is 7.03. The summed E-state index contributed by atoms with van der Waals surface area (Å²) in [6.45, 7) is 12.1. The number of rotatable bonds is 6. The van der Waals surface area contributed by atoms with Crippen LogP contribution in [-0.2, 0) is 0 Å². The fraction of sp³-hybridized carbons (Fsp3) is 0.185. The number of pyridine rings is 1. The average molecular weight is 407 g/mol. The Labute approximate surface area is 183 Å². The molecule has 2 aromatic heterocycles. The molecule has 1 saturated heterocycles. The minimum atomic E-state index is 0.109. The molecule has 4 heteroatoms. The minimum Gasteiger partial charge on any atom is -0.370 e. The Balaban J connectivity index is 1.45. The van der Waals surface area contributed by atoms with E-state index in [1.807, 2.05) is 49.5 Å². The third-order valence-corrected chi connectivity index (χ3v) is 5.78. The van der Waals surface area contributed by atoms with Crippen molar-refractivity contribution in [2.45, 2.75) is 13.3 Å². The summed E-state index contributed by atoms with van der Waals surface area (Å²) in [4.78, 5) is 10.1. The van der Waals surface area contributed by atoms with Crippen LogP contribution in [0.5, 0.6) is 0 Å². The number of allylic oxidation sites excluding steroid dienone is 5. The van der Waals surface area contributed by atoms with E-state index in [0.717, 1.165) is 64.2 Å². The Morgan fingerprint density at radius 3 is 2.81 bits per heavy atom. The van der Waals surface area contributed by atoms with E-state index >= 15 is 0 Å². The first-order chi connectivity index (χ1) is 15.0. The highest BCUT2D eigenvalue weighted by atomic mass is 15.2. The summed E-state index contributed by atoms with van der Waals surface area (Å²) in [6.07, 6.45) is 8.80. The SMILES string of the molecule is C=C(/C=C\C=C(/C)C(=C)N1CCC(C#N)C1)c1cnc2[nH]c(-c3ccccc3)cc2c1. The third kappa shape index (κ3) is 4.51. The summed E-state index contributed by atoms with van der Waals surface area (Å²) < 4.78 is 0.